The first-order valence-corrected chi connectivity index (χ1v) is 6.19. The predicted octanol–water partition coefficient (Wildman–Crippen LogP) is 3.15. The largest absolute Gasteiger partial charge is 0.458 e. The molecule has 0 saturated heterocycles. The van der Waals surface area contributed by atoms with E-state index in [0.717, 1.165) is 6.08 Å². The minimum atomic E-state index is -0.507. The van der Waals surface area contributed by atoms with Gasteiger partial charge >= 0.3 is 5.97 Å². The van der Waals surface area contributed by atoms with Gasteiger partial charge in [-0.15, -0.1) is 0 Å². The minimum Gasteiger partial charge on any atom is -0.458 e. The van der Waals surface area contributed by atoms with Gasteiger partial charge in [0.2, 0.25) is 0 Å². The standard InChI is InChI=1S/C17H14O3/c1-2-16(18)20-12-14-10-6-7-11-15(14)17(19)13-8-4-3-5-9-13/h2-11H,1,12H2. The lowest BCUT2D eigenvalue weighted by molar-refractivity contribution is -0.138. The molecule has 0 heterocycles. The molecule has 2 rings (SSSR count). The Bertz CT molecular complexity index is 630. The number of hydrogen-bond acceptors (Lipinski definition) is 3. The van der Waals surface area contributed by atoms with E-state index in [-0.39, 0.29) is 12.4 Å². The van der Waals surface area contributed by atoms with Crippen molar-refractivity contribution >= 4 is 11.8 Å². The van der Waals surface area contributed by atoms with E-state index in [4.69, 9.17) is 4.74 Å². The van der Waals surface area contributed by atoms with Crippen LogP contribution in [0.25, 0.3) is 0 Å². The molecule has 0 aromatic heterocycles. The maximum Gasteiger partial charge on any atom is 0.330 e. The molecule has 0 unspecified atom stereocenters. The zero-order chi connectivity index (χ0) is 14.4. The van der Waals surface area contributed by atoms with Gasteiger partial charge in [-0.05, 0) is 0 Å². The van der Waals surface area contributed by atoms with E-state index in [0.29, 0.717) is 16.7 Å². The van der Waals surface area contributed by atoms with Crippen molar-refractivity contribution in [3.05, 3.63) is 83.9 Å². The highest BCUT2D eigenvalue weighted by Gasteiger charge is 2.13. The summed E-state index contributed by atoms with van der Waals surface area (Å²) in [5, 5.41) is 0. The van der Waals surface area contributed by atoms with Gasteiger partial charge in [-0.25, -0.2) is 4.79 Å². The number of carbonyl (C=O) groups excluding carboxylic acids is 2. The molecule has 0 bridgehead atoms. The van der Waals surface area contributed by atoms with E-state index < -0.39 is 5.97 Å². The minimum absolute atomic E-state index is 0.0552. The third-order valence-corrected chi connectivity index (χ3v) is 2.83. The van der Waals surface area contributed by atoms with Crippen molar-refractivity contribution < 1.29 is 14.3 Å². The Morgan fingerprint density at radius 2 is 1.65 bits per heavy atom. The van der Waals surface area contributed by atoms with Gasteiger partial charge in [0.1, 0.15) is 6.61 Å². The summed E-state index contributed by atoms with van der Waals surface area (Å²) >= 11 is 0. The molecule has 3 nitrogen and oxygen atoms in total. The van der Waals surface area contributed by atoms with Crippen LogP contribution in [0, 0.1) is 0 Å². The lowest BCUT2D eigenvalue weighted by Crippen LogP contribution is -2.08. The molecule has 0 amide bonds. The predicted molar refractivity (Wildman–Crippen MR) is 76.3 cm³/mol. The highest BCUT2D eigenvalue weighted by atomic mass is 16.5. The average molecular weight is 266 g/mol. The second-order valence-electron chi connectivity index (χ2n) is 4.16. The molecule has 0 aliphatic carbocycles. The SMILES string of the molecule is C=CC(=O)OCc1ccccc1C(=O)c1ccccc1. The number of ether oxygens (including phenoxy) is 1. The summed E-state index contributed by atoms with van der Waals surface area (Å²) in [4.78, 5) is 23.5. The molecule has 3 heteroatoms. The third kappa shape index (κ3) is 3.20. The monoisotopic (exact) mass is 266 g/mol. The van der Waals surface area contributed by atoms with E-state index >= 15 is 0 Å². The summed E-state index contributed by atoms with van der Waals surface area (Å²) in [7, 11) is 0. The second-order valence-corrected chi connectivity index (χ2v) is 4.16. The second kappa shape index (κ2) is 6.48. The van der Waals surface area contributed by atoms with Gasteiger partial charge in [0, 0.05) is 22.8 Å². The van der Waals surface area contributed by atoms with Crippen LogP contribution >= 0.6 is 0 Å². The highest BCUT2D eigenvalue weighted by molar-refractivity contribution is 6.09. The van der Waals surface area contributed by atoms with Crippen LogP contribution in [0.15, 0.2) is 67.3 Å². The fraction of sp³-hybridized carbons (Fsp3) is 0.0588. The number of esters is 1. The molecule has 0 aliphatic heterocycles. The van der Waals surface area contributed by atoms with Crippen LogP contribution in [-0.4, -0.2) is 11.8 Å². The van der Waals surface area contributed by atoms with E-state index in [2.05, 4.69) is 6.58 Å². The fourth-order valence-electron chi connectivity index (χ4n) is 1.82. The summed E-state index contributed by atoms with van der Waals surface area (Å²) in [5.74, 6) is -0.595. The third-order valence-electron chi connectivity index (χ3n) is 2.83. The van der Waals surface area contributed by atoms with Crippen LogP contribution in [0.1, 0.15) is 21.5 Å². The van der Waals surface area contributed by atoms with Crippen molar-refractivity contribution in [1.29, 1.82) is 0 Å². The van der Waals surface area contributed by atoms with Gasteiger partial charge in [0.15, 0.2) is 5.78 Å². The molecule has 0 N–H and O–H groups in total. The normalized spacial score (nSPS) is 9.80. The van der Waals surface area contributed by atoms with Gasteiger partial charge in [0.05, 0.1) is 0 Å². The van der Waals surface area contributed by atoms with Gasteiger partial charge < -0.3 is 4.74 Å². The van der Waals surface area contributed by atoms with Crippen molar-refractivity contribution in [2.45, 2.75) is 6.61 Å². The average Bonchev–Trinajstić information content (AvgIpc) is 2.53. The molecule has 20 heavy (non-hydrogen) atoms. The quantitative estimate of drug-likeness (QED) is 0.474. The first-order chi connectivity index (χ1) is 9.72. The summed E-state index contributed by atoms with van der Waals surface area (Å²) < 4.78 is 4.99. The zero-order valence-corrected chi connectivity index (χ0v) is 10.9. The lowest BCUT2D eigenvalue weighted by Gasteiger charge is -2.08. The molecule has 0 saturated carbocycles. The van der Waals surface area contributed by atoms with E-state index in [1.165, 1.54) is 0 Å². The smallest absolute Gasteiger partial charge is 0.330 e. The molecule has 100 valence electrons. The maximum atomic E-state index is 12.4. The molecule has 0 radical (unpaired) electrons. The maximum absolute atomic E-state index is 12.4. The topological polar surface area (TPSA) is 43.4 Å². The Morgan fingerprint density at radius 1 is 1.00 bits per heavy atom. The molecule has 0 aliphatic rings. The van der Waals surface area contributed by atoms with Crippen molar-refractivity contribution in [1.82, 2.24) is 0 Å². The Morgan fingerprint density at radius 3 is 2.35 bits per heavy atom. The first-order valence-electron chi connectivity index (χ1n) is 6.19. The number of rotatable bonds is 5. The summed E-state index contributed by atoms with van der Waals surface area (Å²) in [6, 6.07) is 16.1. The van der Waals surface area contributed by atoms with Crippen molar-refractivity contribution in [2.75, 3.05) is 0 Å². The molecule has 2 aromatic carbocycles. The molecular weight excluding hydrogens is 252 g/mol. The summed E-state index contributed by atoms with van der Waals surface area (Å²) in [5.41, 5.74) is 1.82. The van der Waals surface area contributed by atoms with Gasteiger partial charge in [-0.1, -0.05) is 61.2 Å². The molecule has 0 fully saturated rings. The Hall–Kier alpha value is -2.68. The number of benzene rings is 2. The van der Waals surface area contributed by atoms with Crippen LogP contribution in [-0.2, 0) is 16.1 Å². The van der Waals surface area contributed by atoms with Crippen LogP contribution in [0.4, 0.5) is 0 Å². The van der Waals surface area contributed by atoms with E-state index in [1.54, 1.807) is 36.4 Å². The number of hydrogen-bond donors (Lipinski definition) is 0. The molecule has 2 aromatic rings. The van der Waals surface area contributed by atoms with Gasteiger partial charge in [0.25, 0.3) is 0 Å². The molecule has 0 atom stereocenters. The summed E-state index contributed by atoms with van der Waals surface area (Å²) in [6.07, 6.45) is 1.10. The van der Waals surface area contributed by atoms with Crippen molar-refractivity contribution in [3.63, 3.8) is 0 Å². The van der Waals surface area contributed by atoms with E-state index in [1.807, 2.05) is 18.2 Å². The Balaban J connectivity index is 2.26. The van der Waals surface area contributed by atoms with Crippen LogP contribution in [0.2, 0.25) is 0 Å². The Kier molecular flexibility index (Phi) is 4.45. The van der Waals surface area contributed by atoms with Gasteiger partial charge in [-0.3, -0.25) is 4.79 Å². The number of carbonyl (C=O) groups is 2. The van der Waals surface area contributed by atoms with Gasteiger partial charge in [-0.2, -0.15) is 0 Å². The number of ketones is 1. The van der Waals surface area contributed by atoms with Crippen LogP contribution in [0.5, 0.6) is 0 Å². The lowest BCUT2D eigenvalue weighted by atomic mass is 9.99. The first kappa shape index (κ1) is 13.7. The summed E-state index contributed by atoms with van der Waals surface area (Å²) in [6.45, 7) is 3.39. The van der Waals surface area contributed by atoms with E-state index in [9.17, 15) is 9.59 Å². The van der Waals surface area contributed by atoms with Crippen LogP contribution in [0.3, 0.4) is 0 Å². The van der Waals surface area contributed by atoms with Crippen molar-refractivity contribution in [2.24, 2.45) is 0 Å². The zero-order valence-electron chi connectivity index (χ0n) is 10.9. The molecular formula is C17H14O3. The molecule has 0 spiro atoms. The Labute approximate surface area is 117 Å². The highest BCUT2D eigenvalue weighted by Crippen LogP contribution is 2.15. The van der Waals surface area contributed by atoms with Crippen LogP contribution < -0.4 is 0 Å². The fourth-order valence-corrected chi connectivity index (χ4v) is 1.82. The van der Waals surface area contributed by atoms with Crippen molar-refractivity contribution in [3.8, 4) is 0 Å².